The van der Waals surface area contributed by atoms with Crippen LogP contribution in [0.4, 0.5) is 0 Å². The normalized spacial score (nSPS) is 17.6. The van der Waals surface area contributed by atoms with E-state index >= 15 is 0 Å². The molecule has 6 heteroatoms. The maximum absolute atomic E-state index is 12.7. The molecule has 0 aliphatic carbocycles. The largest absolute Gasteiger partial charge is 0.392 e. The van der Waals surface area contributed by atoms with Gasteiger partial charge in [-0.2, -0.15) is 0 Å². The number of carbonyl (C=O) groups is 1. The number of rotatable bonds is 4. The minimum Gasteiger partial charge on any atom is -0.392 e. The van der Waals surface area contributed by atoms with E-state index in [2.05, 4.69) is 9.88 Å². The molecule has 2 aromatic rings. The van der Waals surface area contributed by atoms with E-state index in [1.54, 1.807) is 12.3 Å². The molecule has 3 rings (SSSR count). The van der Waals surface area contributed by atoms with Crippen molar-refractivity contribution in [3.63, 3.8) is 0 Å². The molecule has 1 atom stereocenters. The third-order valence-electron chi connectivity index (χ3n) is 4.47. The lowest BCUT2D eigenvalue weighted by Crippen LogP contribution is -2.50. The van der Waals surface area contributed by atoms with Crippen LogP contribution in [0, 0.1) is 0 Å². The number of fused-ring (bicyclic) bond motifs is 1. The zero-order valence-electron chi connectivity index (χ0n) is 13.3. The molecule has 0 saturated carbocycles. The number of hydrogen-bond acceptors (Lipinski definition) is 3. The lowest BCUT2D eigenvalue weighted by atomic mass is 10.1. The van der Waals surface area contributed by atoms with Crippen molar-refractivity contribution in [2.45, 2.75) is 19.4 Å². The van der Waals surface area contributed by atoms with Crippen LogP contribution in [0.1, 0.15) is 23.7 Å². The number of benzene rings is 1. The van der Waals surface area contributed by atoms with Crippen LogP contribution in [-0.2, 0) is 0 Å². The van der Waals surface area contributed by atoms with Crippen LogP contribution in [0.3, 0.4) is 0 Å². The first-order chi connectivity index (χ1) is 11.1. The van der Waals surface area contributed by atoms with E-state index in [9.17, 15) is 9.90 Å². The Morgan fingerprint density at radius 3 is 2.78 bits per heavy atom. The molecule has 2 N–H and O–H groups in total. The number of nitrogens with one attached hydrogen (secondary N) is 1. The van der Waals surface area contributed by atoms with Gasteiger partial charge in [0.05, 0.1) is 11.7 Å². The van der Waals surface area contributed by atoms with Crippen LogP contribution in [0.5, 0.6) is 0 Å². The molecule has 0 bridgehead atoms. The maximum atomic E-state index is 12.7. The standard InChI is InChI=1S/C17H22ClN3O2/c1-2-13(22)11-20-5-7-21(8-6-20)17(23)15-10-19-16-9-12(18)3-4-14(15)16/h3-4,9-10,13,19,22H,2,5-8,11H2,1H3. The van der Waals surface area contributed by atoms with Crippen molar-refractivity contribution in [3.8, 4) is 0 Å². The summed E-state index contributed by atoms with van der Waals surface area (Å²) >= 11 is 5.98. The molecule has 1 saturated heterocycles. The molecule has 1 unspecified atom stereocenters. The second-order valence-electron chi connectivity index (χ2n) is 6.05. The Morgan fingerprint density at radius 1 is 1.35 bits per heavy atom. The molecule has 2 heterocycles. The van der Waals surface area contributed by atoms with Crippen molar-refractivity contribution in [1.29, 1.82) is 0 Å². The Balaban J connectivity index is 1.67. The second-order valence-corrected chi connectivity index (χ2v) is 6.48. The van der Waals surface area contributed by atoms with Crippen molar-refractivity contribution in [2.75, 3.05) is 32.7 Å². The van der Waals surface area contributed by atoms with Crippen LogP contribution >= 0.6 is 11.6 Å². The van der Waals surface area contributed by atoms with Crippen molar-refractivity contribution in [3.05, 3.63) is 35.0 Å². The summed E-state index contributed by atoms with van der Waals surface area (Å²) in [5, 5.41) is 11.3. The number of H-pyrrole nitrogens is 1. The SMILES string of the molecule is CCC(O)CN1CCN(C(=O)c2c[nH]c3cc(Cl)ccc23)CC1. The monoisotopic (exact) mass is 335 g/mol. The molecule has 1 fully saturated rings. The van der Waals surface area contributed by atoms with Gasteiger partial charge in [0, 0.05) is 54.8 Å². The molecule has 1 aromatic carbocycles. The van der Waals surface area contributed by atoms with Gasteiger partial charge in [-0.3, -0.25) is 9.69 Å². The van der Waals surface area contributed by atoms with Gasteiger partial charge in [-0.05, 0) is 18.6 Å². The van der Waals surface area contributed by atoms with Crippen molar-refractivity contribution in [1.82, 2.24) is 14.8 Å². The number of aliphatic hydroxyl groups excluding tert-OH is 1. The molecule has 0 spiro atoms. The van der Waals surface area contributed by atoms with Gasteiger partial charge in [0.2, 0.25) is 0 Å². The highest BCUT2D eigenvalue weighted by molar-refractivity contribution is 6.31. The van der Waals surface area contributed by atoms with E-state index in [-0.39, 0.29) is 12.0 Å². The first kappa shape index (κ1) is 16.3. The highest BCUT2D eigenvalue weighted by Crippen LogP contribution is 2.23. The van der Waals surface area contributed by atoms with Gasteiger partial charge in [-0.1, -0.05) is 24.6 Å². The Morgan fingerprint density at radius 2 is 2.09 bits per heavy atom. The van der Waals surface area contributed by atoms with E-state index in [1.165, 1.54) is 0 Å². The first-order valence-corrected chi connectivity index (χ1v) is 8.42. The van der Waals surface area contributed by atoms with Crippen molar-refractivity contribution in [2.24, 2.45) is 0 Å². The number of halogens is 1. The predicted molar refractivity (Wildman–Crippen MR) is 92.0 cm³/mol. The number of nitrogens with zero attached hydrogens (tertiary/aromatic N) is 2. The smallest absolute Gasteiger partial charge is 0.256 e. The summed E-state index contributed by atoms with van der Waals surface area (Å²) in [6.45, 7) is 5.65. The number of piperazine rings is 1. The summed E-state index contributed by atoms with van der Waals surface area (Å²) in [7, 11) is 0. The third-order valence-corrected chi connectivity index (χ3v) is 4.71. The highest BCUT2D eigenvalue weighted by atomic mass is 35.5. The lowest BCUT2D eigenvalue weighted by molar-refractivity contribution is 0.0525. The van der Waals surface area contributed by atoms with Gasteiger partial charge < -0.3 is 15.0 Å². The molecule has 124 valence electrons. The van der Waals surface area contributed by atoms with Gasteiger partial charge in [-0.25, -0.2) is 0 Å². The minimum absolute atomic E-state index is 0.0502. The summed E-state index contributed by atoms with van der Waals surface area (Å²) in [5.41, 5.74) is 1.57. The molecule has 1 amide bonds. The molecular formula is C17H22ClN3O2. The Bertz CT molecular complexity index is 692. The fourth-order valence-corrected chi connectivity index (χ4v) is 3.18. The average molecular weight is 336 g/mol. The molecular weight excluding hydrogens is 314 g/mol. The molecule has 1 aromatic heterocycles. The van der Waals surface area contributed by atoms with E-state index in [0.717, 1.165) is 30.4 Å². The Kier molecular flexibility index (Phi) is 4.90. The van der Waals surface area contributed by atoms with Gasteiger partial charge in [0.25, 0.3) is 5.91 Å². The summed E-state index contributed by atoms with van der Waals surface area (Å²) in [6.07, 6.45) is 2.24. The van der Waals surface area contributed by atoms with Gasteiger partial charge in [0.1, 0.15) is 0 Å². The van der Waals surface area contributed by atoms with E-state index in [4.69, 9.17) is 11.6 Å². The molecule has 0 radical (unpaired) electrons. The van der Waals surface area contributed by atoms with Crippen LogP contribution < -0.4 is 0 Å². The maximum Gasteiger partial charge on any atom is 0.256 e. The minimum atomic E-state index is -0.282. The zero-order chi connectivity index (χ0) is 16.4. The molecule has 1 aliphatic rings. The molecule has 5 nitrogen and oxygen atoms in total. The first-order valence-electron chi connectivity index (χ1n) is 8.05. The summed E-state index contributed by atoms with van der Waals surface area (Å²) in [5.74, 6) is 0.0502. The summed E-state index contributed by atoms with van der Waals surface area (Å²) < 4.78 is 0. The number of aromatic nitrogens is 1. The van der Waals surface area contributed by atoms with Crippen molar-refractivity contribution >= 4 is 28.4 Å². The summed E-state index contributed by atoms with van der Waals surface area (Å²) in [4.78, 5) is 20.0. The predicted octanol–water partition coefficient (Wildman–Crippen LogP) is 2.35. The fourth-order valence-electron chi connectivity index (χ4n) is 3.01. The lowest BCUT2D eigenvalue weighted by Gasteiger charge is -2.35. The third kappa shape index (κ3) is 3.52. The number of aliphatic hydroxyl groups is 1. The van der Waals surface area contributed by atoms with Crippen LogP contribution in [0.15, 0.2) is 24.4 Å². The van der Waals surface area contributed by atoms with Gasteiger partial charge in [-0.15, -0.1) is 0 Å². The number of carbonyl (C=O) groups excluding carboxylic acids is 1. The van der Waals surface area contributed by atoms with E-state index in [0.29, 0.717) is 30.2 Å². The number of aromatic amines is 1. The zero-order valence-corrected chi connectivity index (χ0v) is 14.0. The van der Waals surface area contributed by atoms with Crippen LogP contribution in [0.2, 0.25) is 5.02 Å². The second kappa shape index (κ2) is 6.91. The quantitative estimate of drug-likeness (QED) is 0.901. The molecule has 23 heavy (non-hydrogen) atoms. The number of hydrogen-bond donors (Lipinski definition) is 2. The summed E-state index contributed by atoms with van der Waals surface area (Å²) in [6, 6.07) is 5.52. The topological polar surface area (TPSA) is 59.6 Å². The van der Waals surface area contributed by atoms with Crippen LogP contribution in [-0.4, -0.2) is 64.6 Å². The Labute approximate surface area is 140 Å². The Hall–Kier alpha value is -1.56. The molecule has 1 aliphatic heterocycles. The highest BCUT2D eigenvalue weighted by Gasteiger charge is 2.24. The van der Waals surface area contributed by atoms with Gasteiger partial charge >= 0.3 is 0 Å². The van der Waals surface area contributed by atoms with Crippen LogP contribution in [0.25, 0.3) is 10.9 Å². The fraction of sp³-hybridized carbons (Fsp3) is 0.471. The van der Waals surface area contributed by atoms with Crippen molar-refractivity contribution < 1.29 is 9.90 Å². The number of amides is 1. The van der Waals surface area contributed by atoms with Gasteiger partial charge in [0.15, 0.2) is 0 Å². The number of β-amino-alcohol motifs (C(OH)–C–C–N with tert-alkyl or cyclic N) is 1. The van der Waals surface area contributed by atoms with E-state index < -0.39 is 0 Å². The average Bonchev–Trinajstić information content (AvgIpc) is 2.97. The van der Waals surface area contributed by atoms with E-state index in [1.807, 2.05) is 24.0 Å².